The van der Waals surface area contributed by atoms with Gasteiger partial charge in [0.25, 0.3) is 5.78 Å². The Bertz CT molecular complexity index is 1770. The normalized spacial score (nSPS) is 16.6. The number of aromatic nitrogens is 1. The monoisotopic (exact) mass is 570 g/mol. The summed E-state index contributed by atoms with van der Waals surface area (Å²) < 4.78 is 20.2. The Labute approximate surface area is 237 Å². The number of Topliss-reactive ketones (excluding diaryl/α,β-unsaturated/α-hetero) is 1. The average Bonchev–Trinajstić information content (AvgIpc) is 3.50. The molecule has 0 aliphatic carbocycles. The van der Waals surface area contributed by atoms with Gasteiger partial charge in [-0.25, -0.2) is 9.37 Å². The van der Waals surface area contributed by atoms with E-state index in [1.165, 1.54) is 40.5 Å². The van der Waals surface area contributed by atoms with Crippen LogP contribution in [0.2, 0.25) is 5.02 Å². The summed E-state index contributed by atoms with van der Waals surface area (Å²) in [5.74, 6) is -2.00. The van der Waals surface area contributed by atoms with Gasteiger partial charge in [-0.15, -0.1) is 0 Å². The van der Waals surface area contributed by atoms with Crippen LogP contribution in [0.5, 0.6) is 5.75 Å². The third-order valence-electron chi connectivity index (χ3n) is 6.55. The van der Waals surface area contributed by atoms with Crippen molar-refractivity contribution in [1.29, 1.82) is 0 Å². The standard InChI is InChI=1S/C31H20ClFN2O4S/c32-21-10-15-24-25(16-21)40-31(34-24)35-27(19-8-13-23(14-9-19)39-17-18-4-2-1-3-5-18)26(29(37)30(35)38)28(36)20-6-11-22(33)12-7-20/h1-16,27,36H,17H2. The van der Waals surface area contributed by atoms with Crippen LogP contribution in [0.1, 0.15) is 22.7 Å². The minimum absolute atomic E-state index is 0.119. The number of ketones is 1. The molecule has 40 heavy (non-hydrogen) atoms. The molecule has 0 bridgehead atoms. The molecule has 9 heteroatoms. The Morgan fingerprint density at radius 2 is 1.70 bits per heavy atom. The van der Waals surface area contributed by atoms with Crippen molar-refractivity contribution in [2.45, 2.75) is 12.6 Å². The molecule has 1 saturated heterocycles. The first-order valence-corrected chi connectivity index (χ1v) is 13.5. The number of hydrogen-bond acceptors (Lipinski definition) is 6. The van der Waals surface area contributed by atoms with Crippen molar-refractivity contribution in [3.63, 3.8) is 0 Å². The molecule has 4 aromatic carbocycles. The van der Waals surface area contributed by atoms with Gasteiger partial charge in [-0.2, -0.15) is 0 Å². The van der Waals surface area contributed by atoms with E-state index in [2.05, 4.69) is 4.98 Å². The number of hydrogen-bond donors (Lipinski definition) is 1. The quantitative estimate of drug-likeness (QED) is 0.132. The predicted molar refractivity (Wildman–Crippen MR) is 153 cm³/mol. The first-order chi connectivity index (χ1) is 19.4. The van der Waals surface area contributed by atoms with E-state index in [-0.39, 0.29) is 16.3 Å². The Morgan fingerprint density at radius 3 is 2.42 bits per heavy atom. The molecule has 1 amide bonds. The summed E-state index contributed by atoms with van der Waals surface area (Å²) in [6.45, 7) is 0.373. The summed E-state index contributed by atoms with van der Waals surface area (Å²) in [4.78, 5) is 32.7. The SMILES string of the molecule is O=C1C(=O)N(c2nc3ccc(Cl)cc3s2)C(c2ccc(OCc3ccccc3)cc2)C1=C(O)c1ccc(F)cc1. The topological polar surface area (TPSA) is 79.7 Å². The maximum atomic E-state index is 13.6. The van der Waals surface area contributed by atoms with E-state index < -0.39 is 29.3 Å². The lowest BCUT2D eigenvalue weighted by atomic mass is 9.95. The van der Waals surface area contributed by atoms with Crippen LogP contribution in [-0.2, 0) is 16.2 Å². The Morgan fingerprint density at radius 1 is 0.975 bits per heavy atom. The maximum absolute atomic E-state index is 13.6. The first kappa shape index (κ1) is 25.7. The Hall–Kier alpha value is -4.53. The van der Waals surface area contributed by atoms with Gasteiger partial charge in [0, 0.05) is 10.6 Å². The minimum atomic E-state index is -0.982. The number of ether oxygens (including phenoxy) is 1. The smallest absolute Gasteiger partial charge is 0.301 e. The number of benzene rings is 4. The van der Waals surface area contributed by atoms with Crippen molar-refractivity contribution in [3.05, 3.63) is 130 Å². The molecule has 1 atom stereocenters. The van der Waals surface area contributed by atoms with E-state index in [9.17, 15) is 19.1 Å². The van der Waals surface area contributed by atoms with Crippen molar-refractivity contribution in [2.24, 2.45) is 0 Å². The average molecular weight is 571 g/mol. The molecular weight excluding hydrogens is 551 g/mol. The lowest BCUT2D eigenvalue weighted by Crippen LogP contribution is -2.29. The highest BCUT2D eigenvalue weighted by atomic mass is 35.5. The molecule has 1 aromatic heterocycles. The van der Waals surface area contributed by atoms with Gasteiger partial charge in [0.2, 0.25) is 0 Å². The van der Waals surface area contributed by atoms with E-state index in [1.54, 1.807) is 42.5 Å². The number of aliphatic hydroxyl groups excluding tert-OH is 1. The molecule has 1 N–H and O–H groups in total. The van der Waals surface area contributed by atoms with Gasteiger partial charge in [0.15, 0.2) is 5.13 Å². The number of anilines is 1. The number of carbonyl (C=O) groups is 2. The van der Waals surface area contributed by atoms with E-state index in [0.29, 0.717) is 28.5 Å². The van der Waals surface area contributed by atoms with Crippen molar-refractivity contribution in [1.82, 2.24) is 4.98 Å². The predicted octanol–water partition coefficient (Wildman–Crippen LogP) is 7.29. The van der Waals surface area contributed by atoms with Crippen molar-refractivity contribution < 1.29 is 23.8 Å². The van der Waals surface area contributed by atoms with Gasteiger partial charge < -0.3 is 9.84 Å². The molecular formula is C31H20ClFN2O4S. The molecule has 1 unspecified atom stereocenters. The second-order valence-electron chi connectivity index (χ2n) is 9.13. The highest BCUT2D eigenvalue weighted by Crippen LogP contribution is 2.44. The van der Waals surface area contributed by atoms with E-state index in [1.807, 2.05) is 30.3 Å². The zero-order valence-corrected chi connectivity index (χ0v) is 22.3. The van der Waals surface area contributed by atoms with E-state index in [4.69, 9.17) is 16.3 Å². The van der Waals surface area contributed by atoms with Gasteiger partial charge >= 0.3 is 5.91 Å². The van der Waals surface area contributed by atoms with Crippen LogP contribution in [0.25, 0.3) is 16.0 Å². The van der Waals surface area contributed by atoms with Crippen molar-refractivity contribution in [2.75, 3.05) is 4.90 Å². The second-order valence-corrected chi connectivity index (χ2v) is 10.6. The number of halogens is 2. The van der Waals surface area contributed by atoms with Gasteiger partial charge in [-0.1, -0.05) is 65.4 Å². The van der Waals surface area contributed by atoms with Crippen molar-refractivity contribution >= 4 is 55.7 Å². The van der Waals surface area contributed by atoms with Crippen LogP contribution < -0.4 is 9.64 Å². The van der Waals surface area contributed by atoms with Crippen LogP contribution in [0.15, 0.2) is 103 Å². The molecule has 1 aliphatic heterocycles. The number of carbonyl (C=O) groups excluding carboxylic acids is 2. The van der Waals surface area contributed by atoms with Gasteiger partial charge in [0.1, 0.15) is 23.9 Å². The number of fused-ring (bicyclic) bond motifs is 1. The summed E-state index contributed by atoms with van der Waals surface area (Å²) in [7, 11) is 0. The molecule has 2 heterocycles. The molecule has 6 rings (SSSR count). The summed E-state index contributed by atoms with van der Waals surface area (Å²) in [6.07, 6.45) is 0. The highest BCUT2D eigenvalue weighted by Gasteiger charge is 2.48. The van der Waals surface area contributed by atoms with Gasteiger partial charge in [0.05, 0.1) is 21.8 Å². The Kier molecular flexibility index (Phi) is 6.79. The maximum Gasteiger partial charge on any atom is 0.301 e. The summed E-state index contributed by atoms with van der Waals surface area (Å²) >= 11 is 7.36. The zero-order chi connectivity index (χ0) is 27.8. The molecule has 1 aliphatic rings. The summed E-state index contributed by atoms with van der Waals surface area (Å²) in [5, 5.41) is 12.0. The zero-order valence-electron chi connectivity index (χ0n) is 20.8. The largest absolute Gasteiger partial charge is 0.507 e. The second kappa shape index (κ2) is 10.6. The van der Waals surface area contributed by atoms with Crippen molar-refractivity contribution in [3.8, 4) is 5.75 Å². The van der Waals surface area contributed by atoms with E-state index >= 15 is 0 Å². The molecule has 198 valence electrons. The highest BCUT2D eigenvalue weighted by molar-refractivity contribution is 7.22. The molecule has 1 fully saturated rings. The summed E-state index contributed by atoms with van der Waals surface area (Å²) in [6, 6.07) is 25.9. The third-order valence-corrected chi connectivity index (χ3v) is 7.80. The van der Waals surface area contributed by atoms with Crippen LogP contribution >= 0.6 is 22.9 Å². The fourth-order valence-electron chi connectivity index (χ4n) is 4.59. The minimum Gasteiger partial charge on any atom is -0.507 e. The third kappa shape index (κ3) is 4.83. The molecule has 0 saturated carbocycles. The summed E-state index contributed by atoms with van der Waals surface area (Å²) in [5.41, 5.74) is 2.28. The molecule has 0 radical (unpaired) electrons. The van der Waals surface area contributed by atoms with Gasteiger partial charge in [-0.05, 0) is 65.7 Å². The van der Waals surface area contributed by atoms with Gasteiger partial charge in [-0.3, -0.25) is 14.5 Å². The van der Waals surface area contributed by atoms with Crippen LogP contribution in [-0.4, -0.2) is 21.8 Å². The number of nitrogens with zero attached hydrogens (tertiary/aromatic N) is 2. The lowest BCUT2D eigenvalue weighted by Gasteiger charge is -2.23. The lowest BCUT2D eigenvalue weighted by molar-refractivity contribution is -0.132. The molecule has 6 nitrogen and oxygen atoms in total. The van der Waals surface area contributed by atoms with Crippen LogP contribution in [0.4, 0.5) is 9.52 Å². The fourth-order valence-corrected chi connectivity index (χ4v) is 5.85. The number of aliphatic hydroxyl groups is 1. The number of rotatable bonds is 6. The number of thiazole rings is 1. The molecule has 0 spiro atoms. The number of amides is 1. The van der Waals surface area contributed by atoms with E-state index in [0.717, 1.165) is 10.3 Å². The van der Waals surface area contributed by atoms with Crippen LogP contribution in [0.3, 0.4) is 0 Å². The van der Waals surface area contributed by atoms with Crippen LogP contribution in [0, 0.1) is 5.82 Å². The molecule has 5 aromatic rings. The first-order valence-electron chi connectivity index (χ1n) is 12.3. The Balaban J connectivity index is 1.43. The fraction of sp³-hybridized carbons (Fsp3) is 0.0645.